The third-order valence-electron chi connectivity index (χ3n) is 13.0. The molecule has 7 aromatic rings. The summed E-state index contributed by atoms with van der Waals surface area (Å²) in [5.74, 6) is 6.37. The maximum atomic E-state index is 13.8. The molecule has 10 nitrogen and oxygen atoms in total. The van der Waals surface area contributed by atoms with Crippen LogP contribution in [0.25, 0.3) is 0 Å². The third kappa shape index (κ3) is 22.1. The average molecular weight is 1150 g/mol. The van der Waals surface area contributed by atoms with Crippen molar-refractivity contribution in [3.63, 3.8) is 0 Å². The van der Waals surface area contributed by atoms with E-state index < -0.39 is 23.2 Å². The van der Waals surface area contributed by atoms with Gasteiger partial charge in [-0.1, -0.05) is 107 Å². The molecule has 0 heterocycles. The van der Waals surface area contributed by atoms with Crippen molar-refractivity contribution < 1.29 is 69.0 Å². The summed E-state index contributed by atoms with van der Waals surface area (Å²) in [6.07, 6.45) is -7.57. The highest BCUT2D eigenvalue weighted by molar-refractivity contribution is 5.72. The van der Waals surface area contributed by atoms with Gasteiger partial charge in [0.25, 0.3) is 0 Å². The molecule has 0 saturated carbocycles. The lowest BCUT2D eigenvalue weighted by molar-refractivity contribution is -0.204. The zero-order chi connectivity index (χ0) is 61.9. The number of carbonyl (C=O) groups is 1. The van der Waals surface area contributed by atoms with E-state index in [9.17, 15) is 31.1 Å². The van der Waals surface area contributed by atoms with Crippen molar-refractivity contribution in [2.45, 2.75) is 78.1 Å². The minimum absolute atomic E-state index is 0.0431. The second kappa shape index (κ2) is 33.0. The maximum Gasteiger partial charge on any atom is 0.402 e. The summed E-state index contributed by atoms with van der Waals surface area (Å²) in [6.45, 7) is 10.6. The molecule has 0 aromatic heterocycles. The smallest absolute Gasteiger partial charge is 0.402 e. The van der Waals surface area contributed by atoms with Crippen molar-refractivity contribution in [3.05, 3.63) is 203 Å². The first-order valence-corrected chi connectivity index (χ1v) is 25.8. The van der Waals surface area contributed by atoms with Gasteiger partial charge in [0.15, 0.2) is 0 Å². The number of carbonyl (C=O) groups excluding carboxylic acids is 1. The van der Waals surface area contributed by atoms with Gasteiger partial charge in [-0.15, -0.1) is 0 Å². The Morgan fingerprint density at radius 3 is 0.671 bits per heavy atom. The average Bonchev–Trinajstić information content (AvgIpc) is 3.67. The Morgan fingerprint density at radius 1 is 0.341 bits per heavy atom. The molecule has 0 bridgehead atoms. The highest BCUT2D eigenvalue weighted by Gasteiger charge is 2.53. The third-order valence-corrected chi connectivity index (χ3v) is 13.0. The summed E-state index contributed by atoms with van der Waals surface area (Å²) >= 11 is 0. The summed E-state index contributed by atoms with van der Waals surface area (Å²) in [5, 5.41) is 0. The fourth-order valence-electron chi connectivity index (χ4n) is 6.96. The van der Waals surface area contributed by atoms with E-state index in [2.05, 4.69) is 62.4 Å². The molecule has 82 heavy (non-hydrogen) atoms. The molecule has 0 aliphatic carbocycles. The topological polar surface area (TPSA) is 94.2 Å². The first kappa shape index (κ1) is 70.1. The fraction of sp³-hybridized carbons (Fsp3) is 0.348. The van der Waals surface area contributed by atoms with Gasteiger partial charge >= 0.3 is 12.4 Å². The first-order chi connectivity index (χ1) is 38.5. The van der Waals surface area contributed by atoms with Crippen LogP contribution in [0.3, 0.4) is 0 Å². The molecule has 0 aliphatic rings. The van der Waals surface area contributed by atoms with E-state index in [4.69, 9.17) is 37.9 Å². The zero-order valence-electron chi connectivity index (χ0n) is 50.3. The van der Waals surface area contributed by atoms with Crippen LogP contribution in [0.5, 0.6) is 46.0 Å². The van der Waals surface area contributed by atoms with Crippen LogP contribution in [-0.2, 0) is 22.0 Å². The largest absolute Gasteiger partial charge is 0.497 e. The summed E-state index contributed by atoms with van der Waals surface area (Å²) in [7, 11) is 16.4. The number of benzene rings is 7. The number of rotatable bonds is 14. The second-order valence-electron chi connectivity index (χ2n) is 20.1. The predicted octanol–water partition coefficient (Wildman–Crippen LogP) is 16.3. The molecular weight excluding hydrogens is 1060 g/mol. The number of halogens is 6. The fourth-order valence-corrected chi connectivity index (χ4v) is 6.96. The lowest BCUT2D eigenvalue weighted by Gasteiger charge is -2.33. The van der Waals surface area contributed by atoms with Crippen LogP contribution < -0.4 is 37.9 Å². The minimum Gasteiger partial charge on any atom is -0.497 e. The van der Waals surface area contributed by atoms with Crippen molar-refractivity contribution in [2.75, 3.05) is 71.0 Å². The molecule has 0 radical (unpaired) electrons. The molecule has 16 heteroatoms. The normalized spacial score (nSPS) is 11.0. The maximum absolute atomic E-state index is 13.8. The molecule has 0 N–H and O–H groups in total. The number of hydrogen-bond acceptors (Lipinski definition) is 9. The SMILES string of the molecule is CC(=O)N(C)C.CC(C)(C)C(F)(F)F.COc1ccc(C(C)(C)c2ccc(OC)cc2)cc1.COc1ccc(C(C)(c2ccc(OC)cc2)C(F)(F)F)cc1.COc1ccc(Cc2ccc(OC)cc2)cc1.COc1ccc(OC)cc1. The first-order valence-electron chi connectivity index (χ1n) is 25.8. The van der Waals surface area contributed by atoms with Crippen LogP contribution >= 0.6 is 0 Å². The molecule has 0 unspecified atom stereocenters. The van der Waals surface area contributed by atoms with E-state index in [1.165, 1.54) is 104 Å². The van der Waals surface area contributed by atoms with Crippen LogP contribution in [0.15, 0.2) is 170 Å². The second-order valence-corrected chi connectivity index (χ2v) is 20.1. The summed E-state index contributed by atoms with van der Waals surface area (Å²) in [5.41, 5.74) is 1.68. The summed E-state index contributed by atoms with van der Waals surface area (Å²) < 4.78 is 117. The number of ether oxygens (including phenoxy) is 8. The van der Waals surface area contributed by atoms with E-state index in [1.807, 2.05) is 72.8 Å². The Morgan fingerprint density at radius 2 is 0.512 bits per heavy atom. The number of alkyl halides is 6. The number of hydrogen-bond donors (Lipinski definition) is 0. The van der Waals surface area contributed by atoms with E-state index in [0.717, 1.165) is 61.7 Å². The molecular formula is C66H81F6NO9. The molecule has 0 saturated heterocycles. The van der Waals surface area contributed by atoms with Crippen LogP contribution in [0.4, 0.5) is 26.3 Å². The van der Waals surface area contributed by atoms with Crippen molar-refractivity contribution >= 4 is 5.91 Å². The van der Waals surface area contributed by atoms with Gasteiger partial charge in [0.2, 0.25) is 5.91 Å². The lowest BCUT2D eigenvalue weighted by Crippen LogP contribution is -2.40. The molecule has 0 atom stereocenters. The van der Waals surface area contributed by atoms with Gasteiger partial charge in [-0.05, 0) is 144 Å². The monoisotopic (exact) mass is 1150 g/mol. The zero-order valence-corrected chi connectivity index (χ0v) is 50.3. The van der Waals surface area contributed by atoms with E-state index in [-0.39, 0.29) is 22.4 Å². The molecule has 7 rings (SSSR count). The number of nitrogens with zero attached hydrogens (tertiary/aromatic N) is 1. The van der Waals surface area contributed by atoms with Gasteiger partial charge < -0.3 is 42.8 Å². The Hall–Kier alpha value is -8.01. The Kier molecular flexibility index (Phi) is 28.2. The Balaban J connectivity index is 0.000000353. The van der Waals surface area contributed by atoms with Gasteiger partial charge in [0.1, 0.15) is 51.4 Å². The number of methoxy groups -OCH3 is 8. The molecule has 446 valence electrons. The van der Waals surface area contributed by atoms with Crippen molar-refractivity contribution in [1.29, 1.82) is 0 Å². The summed E-state index contributed by atoms with van der Waals surface area (Å²) in [4.78, 5) is 11.6. The van der Waals surface area contributed by atoms with E-state index in [1.54, 1.807) is 56.8 Å². The Bertz CT molecular complexity index is 2690. The van der Waals surface area contributed by atoms with Gasteiger partial charge in [-0.25, -0.2) is 0 Å². The van der Waals surface area contributed by atoms with Crippen molar-refractivity contribution in [1.82, 2.24) is 4.90 Å². The standard InChI is InChI=1S/C17H17F3O2.C17H20O2.C15H16O2.C8H10O2.C5H9F3.C4H9NO/c1-16(17(18,19)20,12-4-8-14(21-2)9-5-12)13-6-10-15(22-3)11-7-13;1-17(2,13-5-9-15(18-3)10-6-13)14-7-11-16(19-4)12-8-14;1-16-14-7-3-12(4-8-14)11-13-5-9-15(17-2)10-6-13;1-9-7-3-5-8(10-2)6-4-7;1-4(2,3)5(6,7)8;1-4(6)5(2)3/h4-11H,1-3H3;5-12H,1-4H3;3-10H,11H2,1-2H3;3-6H,1-2H3;1-3H3;1-3H3. The molecule has 0 spiro atoms. The molecule has 7 aromatic carbocycles. The van der Waals surface area contributed by atoms with Gasteiger partial charge in [0.05, 0.1) is 62.3 Å². The quantitative estimate of drug-likeness (QED) is 0.0987. The number of amides is 1. The van der Waals surface area contributed by atoms with E-state index in [0.29, 0.717) is 11.5 Å². The Labute approximate surface area is 481 Å². The molecule has 0 fully saturated rings. The van der Waals surface area contributed by atoms with Crippen LogP contribution in [0, 0.1) is 5.41 Å². The highest BCUT2D eigenvalue weighted by Crippen LogP contribution is 2.47. The highest BCUT2D eigenvalue weighted by atomic mass is 19.4. The summed E-state index contributed by atoms with van der Waals surface area (Å²) in [6, 6.07) is 52.1. The predicted molar refractivity (Wildman–Crippen MR) is 315 cm³/mol. The van der Waals surface area contributed by atoms with Crippen molar-refractivity contribution in [3.8, 4) is 46.0 Å². The minimum atomic E-state index is -4.43. The van der Waals surface area contributed by atoms with Crippen LogP contribution in [-0.4, -0.2) is 94.1 Å². The molecule has 0 aliphatic heterocycles. The van der Waals surface area contributed by atoms with Gasteiger partial charge in [-0.2, -0.15) is 26.3 Å². The van der Waals surface area contributed by atoms with Gasteiger partial charge in [-0.3, -0.25) is 4.79 Å². The van der Waals surface area contributed by atoms with Gasteiger partial charge in [0, 0.05) is 26.4 Å². The van der Waals surface area contributed by atoms with Crippen molar-refractivity contribution in [2.24, 2.45) is 5.41 Å². The molecule has 1 amide bonds. The van der Waals surface area contributed by atoms with Crippen LogP contribution in [0.2, 0.25) is 0 Å². The van der Waals surface area contributed by atoms with E-state index >= 15 is 0 Å². The lowest BCUT2D eigenvalue weighted by atomic mass is 9.75. The van der Waals surface area contributed by atoms with Crippen LogP contribution in [0.1, 0.15) is 81.8 Å².